The molecule has 180 valence electrons. The summed E-state index contributed by atoms with van der Waals surface area (Å²) in [6, 6.07) is 0.0726. The summed E-state index contributed by atoms with van der Waals surface area (Å²) in [5, 5.41) is 8.69. The van der Waals surface area contributed by atoms with Crippen molar-refractivity contribution in [2.45, 2.75) is 78.6 Å². The summed E-state index contributed by atoms with van der Waals surface area (Å²) in [7, 11) is 3.67. The van der Waals surface area contributed by atoms with Crippen molar-refractivity contribution in [3.8, 4) is 17.1 Å². The Bertz CT molecular complexity index is 1100. The SMILES string of the molecule is CC.Cc1cnn2cc(-c3cnn(C)c3)nc(OC3CCC(N(C)C(=O)OC(C)(C)C)C3)c12. The molecule has 0 spiro atoms. The highest BCUT2D eigenvalue weighted by atomic mass is 16.6. The van der Waals surface area contributed by atoms with Gasteiger partial charge in [0.15, 0.2) is 0 Å². The number of amides is 1. The van der Waals surface area contributed by atoms with E-state index in [1.165, 1.54) is 0 Å². The van der Waals surface area contributed by atoms with Crippen LogP contribution in [0, 0.1) is 6.92 Å². The van der Waals surface area contributed by atoms with Gasteiger partial charge >= 0.3 is 6.09 Å². The van der Waals surface area contributed by atoms with Gasteiger partial charge in [-0.3, -0.25) is 4.68 Å². The molecule has 0 bridgehead atoms. The first-order valence-corrected chi connectivity index (χ1v) is 11.6. The van der Waals surface area contributed by atoms with Gasteiger partial charge in [0.25, 0.3) is 0 Å². The van der Waals surface area contributed by atoms with Crippen LogP contribution < -0.4 is 4.74 Å². The first-order chi connectivity index (χ1) is 15.6. The highest BCUT2D eigenvalue weighted by Gasteiger charge is 2.34. The molecule has 1 fully saturated rings. The fourth-order valence-corrected chi connectivity index (χ4v) is 3.91. The van der Waals surface area contributed by atoms with E-state index >= 15 is 0 Å². The molecule has 2 atom stereocenters. The van der Waals surface area contributed by atoms with Crippen molar-refractivity contribution in [3.63, 3.8) is 0 Å². The summed E-state index contributed by atoms with van der Waals surface area (Å²) >= 11 is 0. The molecular weight excluding hydrogens is 420 g/mol. The maximum atomic E-state index is 12.4. The van der Waals surface area contributed by atoms with Gasteiger partial charge < -0.3 is 14.4 Å². The van der Waals surface area contributed by atoms with Crippen molar-refractivity contribution < 1.29 is 14.3 Å². The van der Waals surface area contributed by atoms with Crippen LogP contribution in [0.4, 0.5) is 4.79 Å². The first-order valence-electron chi connectivity index (χ1n) is 11.6. The van der Waals surface area contributed by atoms with Crippen molar-refractivity contribution in [1.82, 2.24) is 29.3 Å². The molecule has 3 aromatic heterocycles. The number of carbonyl (C=O) groups is 1. The largest absolute Gasteiger partial charge is 0.473 e. The van der Waals surface area contributed by atoms with Gasteiger partial charge in [-0.1, -0.05) is 13.8 Å². The van der Waals surface area contributed by atoms with E-state index in [-0.39, 0.29) is 18.2 Å². The van der Waals surface area contributed by atoms with Crippen molar-refractivity contribution in [1.29, 1.82) is 0 Å². The maximum absolute atomic E-state index is 12.4. The fraction of sp³-hybridized carbons (Fsp3) is 0.583. The summed E-state index contributed by atoms with van der Waals surface area (Å²) in [5.74, 6) is 0.557. The molecule has 9 nitrogen and oxygen atoms in total. The molecule has 3 heterocycles. The second-order valence-electron chi connectivity index (χ2n) is 9.25. The van der Waals surface area contributed by atoms with Crippen LogP contribution in [0.15, 0.2) is 24.8 Å². The summed E-state index contributed by atoms with van der Waals surface area (Å²) < 4.78 is 15.4. The fourth-order valence-electron chi connectivity index (χ4n) is 3.91. The summed E-state index contributed by atoms with van der Waals surface area (Å²) in [4.78, 5) is 18.9. The zero-order chi connectivity index (χ0) is 24.3. The molecule has 4 rings (SSSR count). The van der Waals surface area contributed by atoms with Crippen molar-refractivity contribution in [3.05, 3.63) is 30.4 Å². The molecule has 0 radical (unpaired) electrons. The van der Waals surface area contributed by atoms with Crippen LogP contribution in [-0.4, -0.2) is 60.2 Å². The molecule has 1 aliphatic rings. The molecule has 33 heavy (non-hydrogen) atoms. The number of carbonyl (C=O) groups excluding carboxylic acids is 1. The lowest BCUT2D eigenvalue weighted by Gasteiger charge is -2.28. The first kappa shape index (κ1) is 24.5. The normalized spacial score (nSPS) is 18.1. The minimum absolute atomic E-state index is 0.0374. The lowest BCUT2D eigenvalue weighted by molar-refractivity contribution is 0.0218. The van der Waals surface area contributed by atoms with Crippen LogP contribution in [0.2, 0.25) is 0 Å². The second-order valence-corrected chi connectivity index (χ2v) is 9.25. The highest BCUT2D eigenvalue weighted by molar-refractivity contribution is 5.68. The Hall–Kier alpha value is -3.10. The van der Waals surface area contributed by atoms with Crippen molar-refractivity contribution in [2.24, 2.45) is 7.05 Å². The Labute approximate surface area is 195 Å². The van der Waals surface area contributed by atoms with Gasteiger partial charge in [-0.2, -0.15) is 10.2 Å². The van der Waals surface area contributed by atoms with Crippen LogP contribution in [0.5, 0.6) is 5.88 Å². The maximum Gasteiger partial charge on any atom is 0.410 e. The molecule has 1 amide bonds. The van der Waals surface area contributed by atoms with E-state index in [4.69, 9.17) is 14.5 Å². The standard InChI is InChI=1S/C22H30N6O3.C2H6/c1-14-10-24-28-13-18(15-11-23-26(5)12-15)25-20(19(14)28)30-17-8-7-16(9-17)27(6)21(29)31-22(2,3)4;1-2/h10-13,16-17H,7-9H2,1-6H3;1-2H3. The molecule has 0 saturated heterocycles. The lowest BCUT2D eigenvalue weighted by Crippen LogP contribution is -2.40. The zero-order valence-corrected chi connectivity index (χ0v) is 21.0. The van der Waals surface area contributed by atoms with E-state index in [9.17, 15) is 4.79 Å². The predicted octanol–water partition coefficient (Wildman–Crippen LogP) is 4.63. The molecule has 0 N–H and O–H groups in total. The summed E-state index contributed by atoms with van der Waals surface area (Å²) in [5.41, 5.74) is 2.99. The smallest absolute Gasteiger partial charge is 0.410 e. The monoisotopic (exact) mass is 456 g/mol. The molecule has 0 aliphatic heterocycles. The van der Waals surface area contributed by atoms with Gasteiger partial charge in [-0.25, -0.2) is 14.3 Å². The predicted molar refractivity (Wildman–Crippen MR) is 127 cm³/mol. The second kappa shape index (κ2) is 9.80. The number of aromatic nitrogens is 5. The van der Waals surface area contributed by atoms with Gasteiger partial charge in [0.2, 0.25) is 5.88 Å². The number of hydrogen-bond donors (Lipinski definition) is 0. The minimum Gasteiger partial charge on any atom is -0.473 e. The Balaban J connectivity index is 0.00000149. The van der Waals surface area contributed by atoms with E-state index in [0.29, 0.717) is 5.88 Å². The third-order valence-corrected chi connectivity index (χ3v) is 5.51. The van der Waals surface area contributed by atoms with E-state index in [0.717, 1.165) is 41.6 Å². The Morgan fingerprint density at radius 3 is 2.52 bits per heavy atom. The highest BCUT2D eigenvalue weighted by Crippen LogP contribution is 2.32. The topological polar surface area (TPSA) is 86.8 Å². The molecule has 2 unspecified atom stereocenters. The number of rotatable bonds is 4. The van der Waals surface area contributed by atoms with Gasteiger partial charge in [0, 0.05) is 43.9 Å². The van der Waals surface area contributed by atoms with Crippen molar-refractivity contribution >= 4 is 11.6 Å². The van der Waals surface area contributed by atoms with Gasteiger partial charge in [-0.05, 0) is 40.5 Å². The summed E-state index contributed by atoms with van der Waals surface area (Å²) in [6.07, 6.45) is 9.48. The van der Waals surface area contributed by atoms with Crippen LogP contribution in [0.1, 0.15) is 59.4 Å². The molecule has 1 aliphatic carbocycles. The average molecular weight is 457 g/mol. The Morgan fingerprint density at radius 1 is 1.15 bits per heavy atom. The number of nitrogens with zero attached hydrogens (tertiary/aromatic N) is 6. The molecule has 9 heteroatoms. The zero-order valence-electron chi connectivity index (χ0n) is 21.0. The number of hydrogen-bond acceptors (Lipinski definition) is 6. The number of fused-ring (bicyclic) bond motifs is 1. The van der Waals surface area contributed by atoms with E-state index in [1.807, 2.05) is 67.2 Å². The summed E-state index contributed by atoms with van der Waals surface area (Å²) in [6.45, 7) is 11.6. The molecule has 3 aromatic rings. The number of aryl methyl sites for hydroxylation is 2. The van der Waals surface area contributed by atoms with Crippen molar-refractivity contribution in [2.75, 3.05) is 7.05 Å². The van der Waals surface area contributed by atoms with Crippen LogP contribution in [0.25, 0.3) is 16.8 Å². The lowest BCUT2D eigenvalue weighted by atomic mass is 10.2. The van der Waals surface area contributed by atoms with E-state index in [1.54, 1.807) is 27.3 Å². The third-order valence-electron chi connectivity index (χ3n) is 5.51. The van der Waals surface area contributed by atoms with Crippen LogP contribution in [0.3, 0.4) is 0 Å². The molecular formula is C24H36N6O3. The van der Waals surface area contributed by atoms with E-state index in [2.05, 4.69) is 10.2 Å². The quantitative estimate of drug-likeness (QED) is 0.569. The van der Waals surface area contributed by atoms with E-state index < -0.39 is 5.60 Å². The van der Waals surface area contributed by atoms with Crippen LogP contribution in [-0.2, 0) is 11.8 Å². The average Bonchev–Trinajstić information content (AvgIpc) is 3.48. The molecule has 0 aromatic carbocycles. The van der Waals surface area contributed by atoms with Crippen LogP contribution >= 0.6 is 0 Å². The van der Waals surface area contributed by atoms with Gasteiger partial charge in [-0.15, -0.1) is 0 Å². The third kappa shape index (κ3) is 5.64. The Kier molecular flexibility index (Phi) is 7.29. The Morgan fingerprint density at radius 2 is 1.88 bits per heavy atom. The number of ether oxygens (including phenoxy) is 2. The molecule has 1 saturated carbocycles. The van der Waals surface area contributed by atoms with Gasteiger partial charge in [0.1, 0.15) is 17.2 Å². The van der Waals surface area contributed by atoms with Gasteiger partial charge in [0.05, 0.1) is 24.3 Å². The minimum atomic E-state index is -0.512.